The van der Waals surface area contributed by atoms with Gasteiger partial charge in [-0.1, -0.05) is 12.1 Å². The number of nitrogens with one attached hydrogen (secondary N) is 1. The first kappa shape index (κ1) is 13.9. The lowest BCUT2D eigenvalue weighted by molar-refractivity contribution is 0.406. The molecule has 6 heteroatoms. The molecule has 3 rings (SSSR count). The molecule has 0 atom stereocenters. The molecule has 3 N–H and O–H groups in total. The third-order valence-corrected chi connectivity index (χ3v) is 3.35. The number of ether oxygens (including phenoxy) is 2. The molecule has 0 amide bonds. The van der Waals surface area contributed by atoms with Crippen LogP contribution in [0.5, 0.6) is 11.5 Å². The fraction of sp³-hybridized carbons (Fsp3) is 0.125. The molecule has 1 heterocycles. The second kappa shape index (κ2) is 5.77. The van der Waals surface area contributed by atoms with Crippen LogP contribution < -0.4 is 20.5 Å². The highest BCUT2D eigenvalue weighted by Crippen LogP contribution is 2.36. The minimum absolute atomic E-state index is 0.512. The fourth-order valence-corrected chi connectivity index (χ4v) is 2.25. The van der Waals surface area contributed by atoms with E-state index in [1.165, 1.54) is 6.33 Å². The van der Waals surface area contributed by atoms with Crippen LogP contribution in [0.4, 0.5) is 17.2 Å². The van der Waals surface area contributed by atoms with E-state index in [1.54, 1.807) is 26.4 Å². The SMILES string of the molecule is COc1cc(Nc2ncnc3ccccc23)c(OC)cc1N. The van der Waals surface area contributed by atoms with E-state index in [2.05, 4.69) is 15.3 Å². The molecule has 0 aliphatic heterocycles. The van der Waals surface area contributed by atoms with Gasteiger partial charge in [-0.25, -0.2) is 9.97 Å². The zero-order valence-electron chi connectivity index (χ0n) is 12.3. The Kier molecular flexibility index (Phi) is 3.65. The number of nitrogens with zero attached hydrogens (tertiary/aromatic N) is 2. The highest BCUT2D eigenvalue weighted by Gasteiger charge is 2.11. The summed E-state index contributed by atoms with van der Waals surface area (Å²) in [5.74, 6) is 1.87. The van der Waals surface area contributed by atoms with Crippen molar-refractivity contribution in [2.24, 2.45) is 0 Å². The molecule has 112 valence electrons. The summed E-state index contributed by atoms with van der Waals surface area (Å²) in [4.78, 5) is 8.55. The zero-order valence-corrected chi connectivity index (χ0v) is 12.3. The number of fused-ring (bicyclic) bond motifs is 1. The number of hydrogen-bond acceptors (Lipinski definition) is 6. The molecule has 0 saturated heterocycles. The maximum atomic E-state index is 5.90. The molecule has 0 radical (unpaired) electrons. The summed E-state index contributed by atoms with van der Waals surface area (Å²) in [5.41, 5.74) is 8.00. The maximum Gasteiger partial charge on any atom is 0.144 e. The van der Waals surface area contributed by atoms with Crippen molar-refractivity contribution in [3.63, 3.8) is 0 Å². The monoisotopic (exact) mass is 296 g/mol. The van der Waals surface area contributed by atoms with Crippen molar-refractivity contribution in [3.8, 4) is 11.5 Å². The first-order valence-corrected chi connectivity index (χ1v) is 6.71. The van der Waals surface area contributed by atoms with Gasteiger partial charge in [-0.3, -0.25) is 0 Å². The van der Waals surface area contributed by atoms with Crippen molar-refractivity contribution >= 4 is 28.1 Å². The molecular formula is C16H16N4O2. The Bertz CT molecular complexity index is 815. The number of anilines is 3. The first-order valence-electron chi connectivity index (χ1n) is 6.71. The van der Waals surface area contributed by atoms with Crippen molar-refractivity contribution in [1.82, 2.24) is 9.97 Å². The van der Waals surface area contributed by atoms with E-state index in [0.717, 1.165) is 16.6 Å². The summed E-state index contributed by atoms with van der Waals surface area (Å²) < 4.78 is 10.6. The van der Waals surface area contributed by atoms with E-state index in [4.69, 9.17) is 15.2 Å². The molecule has 0 aliphatic rings. The van der Waals surface area contributed by atoms with Gasteiger partial charge in [-0.05, 0) is 12.1 Å². The third-order valence-electron chi connectivity index (χ3n) is 3.35. The molecule has 0 saturated carbocycles. The van der Waals surface area contributed by atoms with E-state index in [0.29, 0.717) is 23.0 Å². The van der Waals surface area contributed by atoms with E-state index in [-0.39, 0.29) is 0 Å². The van der Waals surface area contributed by atoms with Crippen LogP contribution in [-0.4, -0.2) is 24.2 Å². The number of methoxy groups -OCH3 is 2. The maximum absolute atomic E-state index is 5.90. The summed E-state index contributed by atoms with van der Waals surface area (Å²) in [7, 11) is 3.16. The third kappa shape index (κ3) is 2.46. The topological polar surface area (TPSA) is 82.3 Å². The van der Waals surface area contributed by atoms with Gasteiger partial charge in [0.25, 0.3) is 0 Å². The molecule has 0 unspecified atom stereocenters. The Hall–Kier alpha value is -3.02. The van der Waals surface area contributed by atoms with Gasteiger partial charge < -0.3 is 20.5 Å². The second-order valence-electron chi connectivity index (χ2n) is 4.66. The number of benzene rings is 2. The van der Waals surface area contributed by atoms with Crippen LogP contribution in [0.25, 0.3) is 10.9 Å². The van der Waals surface area contributed by atoms with Crippen LogP contribution in [0, 0.1) is 0 Å². The van der Waals surface area contributed by atoms with Crippen LogP contribution in [-0.2, 0) is 0 Å². The lowest BCUT2D eigenvalue weighted by Gasteiger charge is -2.14. The van der Waals surface area contributed by atoms with Crippen LogP contribution >= 0.6 is 0 Å². The van der Waals surface area contributed by atoms with Gasteiger partial charge in [0, 0.05) is 17.5 Å². The molecule has 0 bridgehead atoms. The number of nitrogen functional groups attached to an aromatic ring is 1. The van der Waals surface area contributed by atoms with Crippen LogP contribution in [0.15, 0.2) is 42.7 Å². The van der Waals surface area contributed by atoms with Crippen molar-refractivity contribution < 1.29 is 9.47 Å². The van der Waals surface area contributed by atoms with Gasteiger partial charge >= 0.3 is 0 Å². The second-order valence-corrected chi connectivity index (χ2v) is 4.66. The predicted molar refractivity (Wildman–Crippen MR) is 86.8 cm³/mol. The van der Waals surface area contributed by atoms with Gasteiger partial charge in [0.05, 0.1) is 31.1 Å². The normalized spacial score (nSPS) is 10.5. The van der Waals surface area contributed by atoms with Gasteiger partial charge in [0.2, 0.25) is 0 Å². The van der Waals surface area contributed by atoms with Gasteiger partial charge in [0.15, 0.2) is 0 Å². The van der Waals surface area contributed by atoms with Crippen molar-refractivity contribution in [2.45, 2.75) is 0 Å². The lowest BCUT2D eigenvalue weighted by atomic mass is 10.2. The number of nitrogens with two attached hydrogens (primary N) is 1. The van der Waals surface area contributed by atoms with Crippen molar-refractivity contribution in [1.29, 1.82) is 0 Å². The smallest absolute Gasteiger partial charge is 0.144 e. The van der Waals surface area contributed by atoms with E-state index >= 15 is 0 Å². The molecule has 6 nitrogen and oxygen atoms in total. The summed E-state index contributed by atoms with van der Waals surface area (Å²) in [6.45, 7) is 0. The fourth-order valence-electron chi connectivity index (χ4n) is 2.25. The van der Waals surface area contributed by atoms with Crippen LogP contribution in [0.3, 0.4) is 0 Å². The summed E-state index contributed by atoms with van der Waals surface area (Å²) >= 11 is 0. The highest BCUT2D eigenvalue weighted by atomic mass is 16.5. The van der Waals surface area contributed by atoms with Crippen molar-refractivity contribution in [2.75, 3.05) is 25.3 Å². The molecule has 22 heavy (non-hydrogen) atoms. The Morgan fingerprint density at radius 3 is 2.55 bits per heavy atom. The Labute approximate surface area is 127 Å². The lowest BCUT2D eigenvalue weighted by Crippen LogP contribution is -2.01. The number of aromatic nitrogens is 2. The van der Waals surface area contributed by atoms with E-state index < -0.39 is 0 Å². The quantitative estimate of drug-likeness (QED) is 0.720. The Morgan fingerprint density at radius 2 is 1.77 bits per heavy atom. The molecular weight excluding hydrogens is 280 g/mol. The zero-order chi connectivity index (χ0) is 15.5. The van der Waals surface area contributed by atoms with Crippen LogP contribution in [0.2, 0.25) is 0 Å². The Balaban J connectivity index is 2.08. The van der Waals surface area contributed by atoms with Gasteiger partial charge in [-0.2, -0.15) is 0 Å². The largest absolute Gasteiger partial charge is 0.495 e. The Morgan fingerprint density at radius 1 is 1.00 bits per heavy atom. The molecule has 2 aromatic carbocycles. The first-order chi connectivity index (χ1) is 10.7. The standard InChI is InChI=1S/C16H16N4O2/c1-21-14-8-13(15(22-2)7-11(14)17)20-16-10-5-3-4-6-12(10)18-9-19-16/h3-9H,17H2,1-2H3,(H,18,19,20). The number of para-hydroxylation sites is 1. The molecule has 0 fully saturated rings. The average molecular weight is 296 g/mol. The van der Waals surface area contributed by atoms with E-state index in [1.807, 2.05) is 24.3 Å². The molecule has 1 aromatic heterocycles. The molecule has 0 spiro atoms. The predicted octanol–water partition coefficient (Wildman–Crippen LogP) is 2.97. The molecule has 3 aromatic rings. The summed E-state index contributed by atoms with van der Waals surface area (Å²) in [5, 5.41) is 4.18. The van der Waals surface area contributed by atoms with E-state index in [9.17, 15) is 0 Å². The van der Waals surface area contributed by atoms with Gasteiger partial charge in [-0.15, -0.1) is 0 Å². The summed E-state index contributed by atoms with van der Waals surface area (Å²) in [6.07, 6.45) is 1.52. The van der Waals surface area contributed by atoms with Crippen LogP contribution in [0.1, 0.15) is 0 Å². The number of hydrogen-bond donors (Lipinski definition) is 2. The minimum atomic E-state index is 0.512. The van der Waals surface area contributed by atoms with Gasteiger partial charge in [0.1, 0.15) is 23.6 Å². The highest BCUT2D eigenvalue weighted by molar-refractivity contribution is 5.91. The minimum Gasteiger partial charge on any atom is -0.495 e. The average Bonchev–Trinajstić information content (AvgIpc) is 2.56. The van der Waals surface area contributed by atoms with Crippen molar-refractivity contribution in [3.05, 3.63) is 42.7 Å². The summed E-state index contributed by atoms with van der Waals surface area (Å²) in [6, 6.07) is 11.3. The molecule has 0 aliphatic carbocycles. The number of rotatable bonds is 4.